The zero-order valence-electron chi connectivity index (χ0n) is 23.6. The summed E-state index contributed by atoms with van der Waals surface area (Å²) in [7, 11) is 0. The largest absolute Gasteiger partial charge is 0.509 e. The Morgan fingerprint density at radius 3 is 2.61 bits per heavy atom. The van der Waals surface area contributed by atoms with E-state index in [9.17, 15) is 27.9 Å². The van der Waals surface area contributed by atoms with Gasteiger partial charge in [0, 0.05) is 37.5 Å². The van der Waals surface area contributed by atoms with E-state index in [1.54, 1.807) is 13.0 Å². The molecule has 2 unspecified atom stereocenters. The summed E-state index contributed by atoms with van der Waals surface area (Å²) in [6, 6.07) is 6.49. The highest BCUT2D eigenvalue weighted by molar-refractivity contribution is 5.74. The molecule has 0 amide bonds. The van der Waals surface area contributed by atoms with Crippen LogP contribution in [0.4, 0.5) is 29.7 Å². The van der Waals surface area contributed by atoms with Gasteiger partial charge in [-0.05, 0) is 49.3 Å². The van der Waals surface area contributed by atoms with E-state index in [0.29, 0.717) is 56.0 Å². The number of carboxylic acids is 1. The highest BCUT2D eigenvalue weighted by Gasteiger charge is 2.46. The SMILES string of the molecule is Cc1ccn(-c2cc(C3COC(=O)O3)ccc2[C@@H](Oc2cc(N3CCC4(CC3)CNC(C(=O)O)C4)nc(N)n2)C(F)(F)F)n1. The molecule has 0 aliphatic carbocycles. The first-order chi connectivity index (χ1) is 20.9. The molecule has 3 atom stereocenters. The van der Waals surface area contributed by atoms with Crippen molar-refractivity contribution in [3.05, 3.63) is 53.3 Å². The van der Waals surface area contributed by atoms with Crippen LogP contribution in [0.3, 0.4) is 0 Å². The Bertz CT molecular complexity index is 1570. The number of ether oxygens (including phenoxy) is 3. The molecule has 3 saturated heterocycles. The fraction of sp³-hybridized carbons (Fsp3) is 0.464. The number of aliphatic carboxylic acids is 1. The number of halogens is 3. The number of aromatic nitrogens is 4. The van der Waals surface area contributed by atoms with Crippen molar-refractivity contribution >= 4 is 23.9 Å². The Hall–Kier alpha value is -4.60. The van der Waals surface area contributed by atoms with Crippen molar-refractivity contribution in [3.8, 4) is 11.6 Å². The number of carboxylic acid groups (broad SMARTS) is 1. The second kappa shape index (κ2) is 11.2. The molecule has 3 aliphatic rings. The number of nitrogen functional groups attached to an aromatic ring is 1. The van der Waals surface area contributed by atoms with Crippen LogP contribution in [0.5, 0.6) is 5.88 Å². The van der Waals surface area contributed by atoms with E-state index in [1.165, 1.54) is 35.1 Å². The third-order valence-electron chi connectivity index (χ3n) is 8.32. The van der Waals surface area contributed by atoms with E-state index in [0.717, 1.165) is 0 Å². The minimum absolute atomic E-state index is 0.0642. The first-order valence-electron chi connectivity index (χ1n) is 14.0. The summed E-state index contributed by atoms with van der Waals surface area (Å²) in [4.78, 5) is 33.0. The Labute approximate surface area is 249 Å². The summed E-state index contributed by atoms with van der Waals surface area (Å²) >= 11 is 0. The van der Waals surface area contributed by atoms with E-state index >= 15 is 0 Å². The molecule has 234 valence electrons. The van der Waals surface area contributed by atoms with Crippen LogP contribution >= 0.6 is 0 Å². The van der Waals surface area contributed by atoms with E-state index in [1.807, 2.05) is 4.90 Å². The molecule has 0 saturated carbocycles. The smallest absolute Gasteiger partial charge is 0.480 e. The lowest BCUT2D eigenvalue weighted by Gasteiger charge is -2.39. The van der Waals surface area contributed by atoms with Gasteiger partial charge in [0.15, 0.2) is 6.10 Å². The van der Waals surface area contributed by atoms with Crippen LogP contribution in [-0.4, -0.2) is 75.4 Å². The number of carbonyl (C=O) groups is 2. The molecule has 3 fully saturated rings. The normalized spacial score (nSPS) is 22.1. The van der Waals surface area contributed by atoms with Crippen molar-refractivity contribution < 1.29 is 42.1 Å². The second-order valence-electron chi connectivity index (χ2n) is 11.3. The molecular formula is C28H30F3N7O6. The summed E-state index contributed by atoms with van der Waals surface area (Å²) < 4.78 is 60.9. The topological polar surface area (TPSA) is 167 Å². The molecule has 16 heteroatoms. The van der Waals surface area contributed by atoms with Gasteiger partial charge in [0.25, 0.3) is 0 Å². The van der Waals surface area contributed by atoms with Crippen LogP contribution < -0.4 is 20.7 Å². The van der Waals surface area contributed by atoms with Gasteiger partial charge in [-0.2, -0.15) is 28.2 Å². The quantitative estimate of drug-likeness (QED) is 0.331. The fourth-order valence-electron chi connectivity index (χ4n) is 5.99. The minimum atomic E-state index is -4.88. The van der Waals surface area contributed by atoms with Gasteiger partial charge in [-0.3, -0.25) is 4.79 Å². The minimum Gasteiger partial charge on any atom is -0.480 e. The summed E-state index contributed by atoms with van der Waals surface area (Å²) in [5.74, 6) is -1.20. The number of rotatable bonds is 7. The summed E-state index contributed by atoms with van der Waals surface area (Å²) in [5, 5.41) is 16.7. The monoisotopic (exact) mass is 617 g/mol. The zero-order chi connectivity index (χ0) is 31.2. The molecule has 44 heavy (non-hydrogen) atoms. The van der Waals surface area contributed by atoms with E-state index in [-0.39, 0.29) is 35.1 Å². The zero-order valence-corrected chi connectivity index (χ0v) is 23.6. The lowest BCUT2D eigenvalue weighted by molar-refractivity contribution is -0.198. The lowest BCUT2D eigenvalue weighted by atomic mass is 9.76. The molecular weight excluding hydrogens is 587 g/mol. The average Bonchev–Trinajstić information content (AvgIpc) is 3.71. The predicted octanol–water partition coefficient (Wildman–Crippen LogP) is 3.48. The molecule has 5 heterocycles. The lowest BCUT2D eigenvalue weighted by Crippen LogP contribution is -2.41. The van der Waals surface area contributed by atoms with Crippen LogP contribution in [0.2, 0.25) is 0 Å². The first-order valence-corrected chi connectivity index (χ1v) is 14.0. The third-order valence-corrected chi connectivity index (χ3v) is 8.32. The van der Waals surface area contributed by atoms with Crippen molar-refractivity contribution in [2.75, 3.05) is 36.9 Å². The molecule has 0 bridgehead atoms. The highest BCUT2D eigenvalue weighted by Crippen LogP contribution is 2.42. The molecule has 2 aromatic heterocycles. The van der Waals surface area contributed by atoms with E-state index < -0.39 is 36.6 Å². The maximum absolute atomic E-state index is 14.7. The van der Waals surface area contributed by atoms with Gasteiger partial charge in [-0.15, -0.1) is 0 Å². The number of alkyl halides is 3. The summed E-state index contributed by atoms with van der Waals surface area (Å²) in [5.41, 5.74) is 6.56. The molecule has 1 spiro atoms. The number of benzene rings is 1. The molecule has 0 radical (unpaired) electrons. The maximum Gasteiger partial charge on any atom is 0.509 e. The highest BCUT2D eigenvalue weighted by atomic mass is 19.4. The van der Waals surface area contributed by atoms with Crippen molar-refractivity contribution in [2.45, 2.75) is 50.6 Å². The van der Waals surface area contributed by atoms with Crippen LogP contribution in [0, 0.1) is 12.3 Å². The fourth-order valence-corrected chi connectivity index (χ4v) is 5.99. The van der Waals surface area contributed by atoms with Crippen LogP contribution in [0.1, 0.15) is 48.3 Å². The average molecular weight is 618 g/mol. The van der Waals surface area contributed by atoms with Gasteiger partial charge < -0.3 is 35.3 Å². The van der Waals surface area contributed by atoms with Crippen LogP contribution in [-0.2, 0) is 14.3 Å². The molecule has 4 N–H and O–H groups in total. The van der Waals surface area contributed by atoms with Gasteiger partial charge in [0.2, 0.25) is 17.9 Å². The predicted molar refractivity (Wildman–Crippen MR) is 147 cm³/mol. The van der Waals surface area contributed by atoms with Gasteiger partial charge in [0.05, 0.1) is 11.4 Å². The van der Waals surface area contributed by atoms with Gasteiger partial charge in [0.1, 0.15) is 18.5 Å². The number of carbonyl (C=O) groups excluding carboxylic acids is 1. The number of nitrogens with two attached hydrogens (primary N) is 1. The third kappa shape index (κ3) is 5.93. The van der Waals surface area contributed by atoms with Gasteiger partial charge in [-0.1, -0.05) is 12.1 Å². The molecule has 1 aromatic carbocycles. The Morgan fingerprint density at radius 1 is 1.23 bits per heavy atom. The number of anilines is 2. The number of hydrogen-bond donors (Lipinski definition) is 3. The number of piperidine rings is 1. The van der Waals surface area contributed by atoms with Crippen molar-refractivity contribution in [2.24, 2.45) is 5.41 Å². The van der Waals surface area contributed by atoms with Crippen molar-refractivity contribution in [3.63, 3.8) is 0 Å². The number of aryl methyl sites for hydroxylation is 1. The maximum atomic E-state index is 14.7. The molecule has 13 nitrogen and oxygen atoms in total. The van der Waals surface area contributed by atoms with Gasteiger partial charge in [-0.25, -0.2) is 9.48 Å². The van der Waals surface area contributed by atoms with Crippen molar-refractivity contribution in [1.29, 1.82) is 0 Å². The molecule has 3 aliphatic heterocycles. The van der Waals surface area contributed by atoms with E-state index in [2.05, 4.69) is 20.4 Å². The molecule has 3 aromatic rings. The Morgan fingerprint density at radius 2 is 2.00 bits per heavy atom. The van der Waals surface area contributed by atoms with Crippen LogP contribution in [0.25, 0.3) is 5.69 Å². The summed E-state index contributed by atoms with van der Waals surface area (Å²) in [6.07, 6.45) is -5.62. The first kappa shape index (κ1) is 29.5. The standard InChI is InChI=1S/C28H30F3N7O6/c1-15-4-7-38(36-15)19-10-16(20-13-42-26(41)43-20)2-3-17(19)23(28(29,30)31)44-22-11-21(34-25(32)35-22)37-8-5-27(6-9-37)12-18(24(39)40)33-14-27/h2-4,7,10-11,18,20,23,33H,5-6,8-9,12-14H2,1H3,(H,39,40)(H2,32,34,35)/t18?,20?,23-/m1/s1. The van der Waals surface area contributed by atoms with E-state index in [4.69, 9.17) is 19.9 Å². The number of hydrogen-bond acceptors (Lipinski definition) is 11. The van der Waals surface area contributed by atoms with Crippen molar-refractivity contribution in [1.82, 2.24) is 25.1 Å². The Balaban J connectivity index is 1.28. The van der Waals surface area contributed by atoms with Crippen LogP contribution in [0.15, 0.2) is 36.5 Å². The van der Waals surface area contributed by atoms with Gasteiger partial charge >= 0.3 is 18.3 Å². The number of nitrogens with zero attached hydrogens (tertiary/aromatic N) is 5. The Kier molecular flexibility index (Phi) is 7.47. The second-order valence-corrected chi connectivity index (χ2v) is 11.3. The number of nitrogens with one attached hydrogen (secondary N) is 1. The summed E-state index contributed by atoms with van der Waals surface area (Å²) in [6.45, 7) is 3.22. The molecule has 6 rings (SSSR count). The number of cyclic esters (lactones) is 2.